The van der Waals surface area contributed by atoms with Crippen molar-refractivity contribution in [2.45, 2.75) is 47.0 Å². The largest absolute Gasteiger partial charge is 0.0820 e. The number of hydrogen-bond donors (Lipinski definition) is 0. The minimum absolute atomic E-state index is 0.540. The highest BCUT2D eigenvalue weighted by Crippen LogP contribution is 2.39. The van der Waals surface area contributed by atoms with E-state index in [0.717, 1.165) is 5.92 Å². The predicted molar refractivity (Wildman–Crippen MR) is 50.6 cm³/mol. The van der Waals surface area contributed by atoms with Crippen molar-refractivity contribution in [2.75, 3.05) is 0 Å². The summed E-state index contributed by atoms with van der Waals surface area (Å²) in [5.74, 6) is 0.770. The van der Waals surface area contributed by atoms with Crippen LogP contribution >= 0.6 is 0 Å². The molecule has 1 rings (SSSR count). The zero-order chi connectivity index (χ0) is 8.48. The average Bonchev–Trinajstić information content (AvgIpc) is 1.95. The van der Waals surface area contributed by atoms with E-state index in [2.05, 4.69) is 33.8 Å². The van der Waals surface area contributed by atoms with Gasteiger partial charge in [0.25, 0.3) is 0 Å². The lowest BCUT2D eigenvalue weighted by atomic mass is 9.71. The molecule has 0 bridgehead atoms. The Morgan fingerprint density at radius 3 is 2.64 bits per heavy atom. The third-order valence-electron chi connectivity index (χ3n) is 3.26. The Morgan fingerprint density at radius 2 is 2.18 bits per heavy atom. The fraction of sp³-hybridized carbons (Fsp3) is 0.818. The Morgan fingerprint density at radius 1 is 1.55 bits per heavy atom. The Bertz CT molecular complexity index is 163. The van der Waals surface area contributed by atoms with Gasteiger partial charge in [-0.05, 0) is 30.6 Å². The van der Waals surface area contributed by atoms with E-state index in [4.69, 9.17) is 0 Å². The summed E-state index contributed by atoms with van der Waals surface area (Å²) >= 11 is 0. The molecule has 0 unspecified atom stereocenters. The van der Waals surface area contributed by atoms with Crippen LogP contribution in [0.4, 0.5) is 0 Å². The molecule has 0 aromatic carbocycles. The van der Waals surface area contributed by atoms with Crippen LogP contribution in [0, 0.1) is 11.3 Å². The van der Waals surface area contributed by atoms with E-state index in [1.54, 1.807) is 5.57 Å². The van der Waals surface area contributed by atoms with Gasteiger partial charge in [0.05, 0.1) is 0 Å². The fourth-order valence-electron chi connectivity index (χ4n) is 1.67. The van der Waals surface area contributed by atoms with Gasteiger partial charge < -0.3 is 0 Å². The molecule has 0 saturated carbocycles. The maximum Gasteiger partial charge on any atom is -0.0208 e. The molecule has 0 N–H and O–H groups in total. The molecule has 0 fully saturated rings. The summed E-state index contributed by atoms with van der Waals surface area (Å²) in [4.78, 5) is 0. The SMILES string of the molecule is CCC1=C[C@@H](C)C(C)(C)CC1. The van der Waals surface area contributed by atoms with E-state index >= 15 is 0 Å². The summed E-state index contributed by atoms with van der Waals surface area (Å²) in [6, 6.07) is 0. The molecule has 0 saturated heterocycles. The number of hydrogen-bond acceptors (Lipinski definition) is 0. The zero-order valence-corrected chi connectivity index (χ0v) is 8.28. The van der Waals surface area contributed by atoms with Crippen molar-refractivity contribution in [1.29, 1.82) is 0 Å². The van der Waals surface area contributed by atoms with Gasteiger partial charge in [0.15, 0.2) is 0 Å². The molecule has 1 aliphatic carbocycles. The van der Waals surface area contributed by atoms with Crippen molar-refractivity contribution >= 4 is 0 Å². The Labute approximate surface area is 70.7 Å². The Hall–Kier alpha value is -0.260. The van der Waals surface area contributed by atoms with Gasteiger partial charge in [-0.1, -0.05) is 39.3 Å². The zero-order valence-electron chi connectivity index (χ0n) is 8.28. The summed E-state index contributed by atoms with van der Waals surface area (Å²) in [6.07, 6.45) is 6.42. The first kappa shape index (κ1) is 8.83. The van der Waals surface area contributed by atoms with Crippen LogP contribution in [0.1, 0.15) is 47.0 Å². The lowest BCUT2D eigenvalue weighted by molar-refractivity contribution is 0.238. The summed E-state index contributed by atoms with van der Waals surface area (Å²) in [6.45, 7) is 9.35. The van der Waals surface area contributed by atoms with Gasteiger partial charge in [-0.2, -0.15) is 0 Å². The molecule has 0 heterocycles. The molecule has 1 aliphatic rings. The topological polar surface area (TPSA) is 0 Å². The molecule has 0 nitrogen and oxygen atoms in total. The molecule has 0 aromatic heterocycles. The minimum Gasteiger partial charge on any atom is -0.0820 e. The van der Waals surface area contributed by atoms with E-state index < -0.39 is 0 Å². The maximum atomic E-state index is 2.48. The van der Waals surface area contributed by atoms with Gasteiger partial charge in [-0.3, -0.25) is 0 Å². The van der Waals surface area contributed by atoms with E-state index in [0.29, 0.717) is 5.41 Å². The van der Waals surface area contributed by atoms with Gasteiger partial charge in [0.2, 0.25) is 0 Å². The van der Waals surface area contributed by atoms with Crippen LogP contribution in [0.25, 0.3) is 0 Å². The van der Waals surface area contributed by atoms with E-state index in [1.807, 2.05) is 0 Å². The van der Waals surface area contributed by atoms with Crippen LogP contribution in [0.3, 0.4) is 0 Å². The molecule has 0 aromatic rings. The summed E-state index contributed by atoms with van der Waals surface area (Å²) in [5.41, 5.74) is 2.20. The highest BCUT2D eigenvalue weighted by atomic mass is 14.3. The second kappa shape index (κ2) is 3.00. The fourth-order valence-corrected chi connectivity index (χ4v) is 1.67. The van der Waals surface area contributed by atoms with Crippen molar-refractivity contribution < 1.29 is 0 Å². The molecule has 0 radical (unpaired) electrons. The van der Waals surface area contributed by atoms with Crippen molar-refractivity contribution in [3.8, 4) is 0 Å². The molecule has 64 valence electrons. The summed E-state index contributed by atoms with van der Waals surface area (Å²) in [5, 5.41) is 0. The molecule has 0 aliphatic heterocycles. The molecular formula is C11H20. The first-order valence-corrected chi connectivity index (χ1v) is 4.76. The average molecular weight is 152 g/mol. The van der Waals surface area contributed by atoms with Crippen LogP contribution in [0.5, 0.6) is 0 Å². The summed E-state index contributed by atoms with van der Waals surface area (Å²) in [7, 11) is 0. The highest BCUT2D eigenvalue weighted by molar-refractivity contribution is 5.10. The minimum atomic E-state index is 0.540. The van der Waals surface area contributed by atoms with Gasteiger partial charge in [0, 0.05) is 0 Å². The number of allylic oxidation sites excluding steroid dienone is 2. The van der Waals surface area contributed by atoms with Crippen LogP contribution < -0.4 is 0 Å². The molecule has 1 atom stereocenters. The summed E-state index contributed by atoms with van der Waals surface area (Å²) < 4.78 is 0. The van der Waals surface area contributed by atoms with Crippen LogP contribution in [-0.2, 0) is 0 Å². The third-order valence-corrected chi connectivity index (χ3v) is 3.26. The highest BCUT2D eigenvalue weighted by Gasteiger charge is 2.27. The van der Waals surface area contributed by atoms with Crippen LogP contribution in [0.15, 0.2) is 11.6 Å². The lowest BCUT2D eigenvalue weighted by Gasteiger charge is -2.35. The van der Waals surface area contributed by atoms with Crippen molar-refractivity contribution in [3.05, 3.63) is 11.6 Å². The van der Waals surface area contributed by atoms with E-state index in [1.165, 1.54) is 19.3 Å². The molecule has 0 amide bonds. The predicted octanol–water partition coefficient (Wildman–Crippen LogP) is 3.78. The van der Waals surface area contributed by atoms with E-state index in [-0.39, 0.29) is 0 Å². The maximum absolute atomic E-state index is 2.48. The van der Waals surface area contributed by atoms with Crippen molar-refractivity contribution in [3.63, 3.8) is 0 Å². The molecule has 11 heavy (non-hydrogen) atoms. The van der Waals surface area contributed by atoms with Crippen molar-refractivity contribution in [2.24, 2.45) is 11.3 Å². The van der Waals surface area contributed by atoms with Gasteiger partial charge >= 0.3 is 0 Å². The Kier molecular flexibility index (Phi) is 2.41. The van der Waals surface area contributed by atoms with Gasteiger partial charge in [-0.25, -0.2) is 0 Å². The molecule has 0 spiro atoms. The second-order valence-electron chi connectivity index (χ2n) is 4.46. The molecular weight excluding hydrogens is 132 g/mol. The smallest absolute Gasteiger partial charge is 0.0208 e. The van der Waals surface area contributed by atoms with Crippen LogP contribution in [-0.4, -0.2) is 0 Å². The van der Waals surface area contributed by atoms with E-state index in [9.17, 15) is 0 Å². The monoisotopic (exact) mass is 152 g/mol. The third kappa shape index (κ3) is 1.85. The quantitative estimate of drug-likeness (QED) is 0.502. The van der Waals surface area contributed by atoms with Crippen molar-refractivity contribution in [1.82, 2.24) is 0 Å². The standard InChI is InChI=1S/C11H20/c1-5-10-6-7-11(3,4)9(2)8-10/h8-9H,5-7H2,1-4H3/t9-/m1/s1. The van der Waals surface area contributed by atoms with Crippen LogP contribution in [0.2, 0.25) is 0 Å². The van der Waals surface area contributed by atoms with Gasteiger partial charge in [-0.15, -0.1) is 0 Å². The first-order chi connectivity index (χ1) is 5.06. The lowest BCUT2D eigenvalue weighted by Crippen LogP contribution is -2.23. The van der Waals surface area contributed by atoms with Gasteiger partial charge in [0.1, 0.15) is 0 Å². The first-order valence-electron chi connectivity index (χ1n) is 4.76. The second-order valence-corrected chi connectivity index (χ2v) is 4.46. The normalized spacial score (nSPS) is 29.8. The Balaban J connectivity index is 2.70. The number of rotatable bonds is 1. The molecule has 0 heteroatoms.